The zero-order valence-electron chi connectivity index (χ0n) is 27.8. The van der Waals surface area contributed by atoms with Gasteiger partial charge in [0.05, 0.1) is 0 Å². The molecule has 0 aromatic heterocycles. The van der Waals surface area contributed by atoms with Crippen LogP contribution in [0, 0.1) is 0 Å². The minimum atomic E-state index is -4.49. The van der Waals surface area contributed by atoms with Crippen LogP contribution in [0.15, 0.2) is 121 Å². The van der Waals surface area contributed by atoms with Crippen LogP contribution in [0.3, 0.4) is 0 Å². The van der Waals surface area contributed by atoms with Crippen LogP contribution in [0.5, 0.6) is 0 Å². The molecule has 0 fully saturated rings. The van der Waals surface area contributed by atoms with E-state index < -0.39 is 23.5 Å². The molecule has 6 rings (SSSR count). The quantitative estimate of drug-likeness (QED) is 0.123. The topological polar surface area (TPSA) is 0 Å². The summed E-state index contributed by atoms with van der Waals surface area (Å²) in [4.78, 5) is 0. The van der Waals surface area contributed by atoms with Crippen molar-refractivity contribution >= 4 is 24.8 Å². The number of alkyl halides is 6. The van der Waals surface area contributed by atoms with Crippen LogP contribution in [0.4, 0.5) is 26.3 Å². The fraction of sp³-hybridized carbons (Fsp3) is 0.244. The Kier molecular flexibility index (Phi) is 11.3. The summed E-state index contributed by atoms with van der Waals surface area (Å²) in [7, 11) is 0. The number of halogens is 6. The van der Waals surface area contributed by atoms with Crippen molar-refractivity contribution in [1.82, 2.24) is 0 Å². The molecule has 248 valence electrons. The molecule has 0 unspecified atom stereocenters. The Morgan fingerprint density at radius 1 is 0.500 bits per heavy atom. The van der Waals surface area contributed by atoms with E-state index in [1.54, 1.807) is 0 Å². The van der Waals surface area contributed by atoms with Crippen LogP contribution in [-0.4, -0.2) is 3.21 Å². The Morgan fingerprint density at radius 2 is 0.896 bits per heavy atom. The number of hydrogen-bond donors (Lipinski definition) is 0. The third kappa shape index (κ3) is 9.53. The summed E-state index contributed by atoms with van der Waals surface area (Å²) in [6, 6.07) is 35.3. The van der Waals surface area contributed by atoms with Gasteiger partial charge in [-0.25, -0.2) is 12.1 Å². The van der Waals surface area contributed by atoms with E-state index in [-0.39, 0.29) is 22.0 Å². The van der Waals surface area contributed by atoms with Gasteiger partial charge in [0.15, 0.2) is 0 Å². The fourth-order valence-corrected chi connectivity index (χ4v) is 5.91. The van der Waals surface area contributed by atoms with Crippen molar-refractivity contribution in [2.75, 3.05) is 0 Å². The molecule has 0 amide bonds. The van der Waals surface area contributed by atoms with E-state index in [9.17, 15) is 26.3 Å². The molecule has 0 aliphatic heterocycles. The van der Waals surface area contributed by atoms with Crippen LogP contribution >= 0.6 is 0 Å². The second-order valence-electron chi connectivity index (χ2n) is 13.7. The van der Waals surface area contributed by atoms with Crippen molar-refractivity contribution < 1.29 is 50.6 Å². The van der Waals surface area contributed by atoms with E-state index in [0.29, 0.717) is 3.21 Å². The van der Waals surface area contributed by atoms with Crippen molar-refractivity contribution in [3.63, 3.8) is 0 Å². The molecule has 0 aliphatic carbocycles. The molecular formula is C41H38F6Zr. The number of fused-ring (bicyclic) bond motifs is 3. The number of hydrogen-bond acceptors (Lipinski definition) is 0. The maximum Gasteiger partial charge on any atom is -0.172 e. The second kappa shape index (κ2) is 14.5. The summed E-state index contributed by atoms with van der Waals surface area (Å²) < 4.78 is 76.7. The van der Waals surface area contributed by atoms with E-state index in [1.807, 2.05) is 30.3 Å². The first-order chi connectivity index (χ1) is 22.2. The smallest absolute Gasteiger partial charge is 0.172 e. The van der Waals surface area contributed by atoms with Crippen molar-refractivity contribution in [3.8, 4) is 0 Å². The number of benzene rings is 4. The zero-order valence-corrected chi connectivity index (χ0v) is 30.3. The van der Waals surface area contributed by atoms with Gasteiger partial charge in [0.2, 0.25) is 0 Å². The summed E-state index contributed by atoms with van der Waals surface area (Å²) in [5.41, 5.74) is 2.11. The summed E-state index contributed by atoms with van der Waals surface area (Å²) >= 11 is 0.729. The van der Waals surface area contributed by atoms with Crippen LogP contribution in [-0.2, 0) is 47.4 Å². The molecule has 7 heteroatoms. The normalized spacial score (nSPS) is 12.3. The molecule has 6 aromatic carbocycles. The van der Waals surface area contributed by atoms with Crippen molar-refractivity contribution in [3.05, 3.63) is 155 Å². The molecule has 0 aliphatic rings. The molecule has 0 atom stereocenters. The van der Waals surface area contributed by atoms with Gasteiger partial charge in [-0.3, -0.25) is 0 Å². The van der Waals surface area contributed by atoms with Gasteiger partial charge in [-0.15, -0.1) is 39.7 Å². The maximum atomic E-state index is 12.7. The molecule has 0 nitrogen and oxygen atoms in total. The Labute approximate surface area is 293 Å². The summed E-state index contributed by atoms with van der Waals surface area (Å²) in [6.45, 7) is 13.6. The predicted octanol–water partition coefficient (Wildman–Crippen LogP) is 12.6. The van der Waals surface area contributed by atoms with Crippen molar-refractivity contribution in [2.24, 2.45) is 0 Å². The predicted molar refractivity (Wildman–Crippen MR) is 183 cm³/mol. The van der Waals surface area contributed by atoms with Gasteiger partial charge in [0.25, 0.3) is 0 Å². The molecule has 0 bridgehead atoms. The van der Waals surface area contributed by atoms with Gasteiger partial charge in [0.1, 0.15) is 0 Å². The Bertz CT molecular complexity index is 1830. The second-order valence-corrected chi connectivity index (χ2v) is 15.0. The Hall–Kier alpha value is -3.57. The van der Waals surface area contributed by atoms with E-state index in [1.165, 1.54) is 56.9 Å². The monoisotopic (exact) mass is 734 g/mol. The first-order valence-corrected chi connectivity index (χ1v) is 16.7. The number of rotatable bonds is 2. The first-order valence-electron chi connectivity index (χ1n) is 15.5. The summed E-state index contributed by atoms with van der Waals surface area (Å²) in [5.74, 6) is 0. The Balaban J connectivity index is 0.000000189. The first kappa shape index (κ1) is 37.3. The molecule has 6 aromatic rings. The van der Waals surface area contributed by atoms with Crippen LogP contribution in [0.1, 0.15) is 74.9 Å². The van der Waals surface area contributed by atoms with Gasteiger partial charge in [-0.1, -0.05) is 76.9 Å². The minimum absolute atomic E-state index is 0.203. The van der Waals surface area contributed by atoms with Gasteiger partial charge in [0, 0.05) is 0 Å². The van der Waals surface area contributed by atoms with Gasteiger partial charge in [-0.2, -0.15) is 18.2 Å². The zero-order chi connectivity index (χ0) is 35.5. The third-order valence-corrected chi connectivity index (χ3v) is 9.37. The van der Waals surface area contributed by atoms with Crippen LogP contribution in [0.25, 0.3) is 21.5 Å². The third-order valence-electron chi connectivity index (χ3n) is 7.95. The molecule has 0 spiro atoms. The molecule has 0 saturated heterocycles. The summed E-state index contributed by atoms with van der Waals surface area (Å²) in [5, 5.41) is 5.48. The van der Waals surface area contributed by atoms with Gasteiger partial charge in [-0.05, 0) is 10.8 Å². The average Bonchev–Trinajstić information content (AvgIpc) is 3.71. The average molecular weight is 736 g/mol. The fourth-order valence-electron chi connectivity index (χ4n) is 5.14. The largest absolute Gasteiger partial charge is 0.214 e. The van der Waals surface area contributed by atoms with Gasteiger partial charge < -0.3 is 0 Å². The molecule has 48 heavy (non-hydrogen) atoms. The van der Waals surface area contributed by atoms with E-state index in [0.717, 1.165) is 48.5 Å². The van der Waals surface area contributed by atoms with E-state index in [2.05, 4.69) is 84.0 Å². The summed E-state index contributed by atoms with van der Waals surface area (Å²) in [6.07, 6.45) is -8.97. The standard InChI is InChI=1S/C21H25.C15H8F6.C5H5.Zr/c1-20(2,3)16-7-9-18-14(12-16)11-15-13-17(21(4,5)6)8-10-19(15)18;16-14(17,18)12-5-1-3-10(8-12)7-11-4-2-6-13(9-11)15(19,20)21;1-2-4-5-3-1;/h7-13H,1-6H3;1-6,8-9H;1-5H;/q-1;;-1;+2. The SMILES string of the molecule is CC(C)(C)c1ccc2c(c1)[cH-]c1cc(C(C)(C)C)ccc12.FC(F)(F)c1cccc([C](=[Zr+2])c2cccc(C(F)(F)F)c2)c1.c1cc[cH-]c1. The molecular weight excluding hydrogens is 698 g/mol. The van der Waals surface area contributed by atoms with E-state index in [4.69, 9.17) is 0 Å². The van der Waals surface area contributed by atoms with Crippen molar-refractivity contribution in [2.45, 2.75) is 64.7 Å². The van der Waals surface area contributed by atoms with E-state index >= 15 is 0 Å². The van der Waals surface area contributed by atoms with Crippen LogP contribution < -0.4 is 0 Å². The van der Waals surface area contributed by atoms with Crippen LogP contribution in [0.2, 0.25) is 0 Å². The van der Waals surface area contributed by atoms with Crippen molar-refractivity contribution in [1.29, 1.82) is 0 Å². The molecule has 0 N–H and O–H groups in total. The molecule has 0 radical (unpaired) electrons. The minimum Gasteiger partial charge on any atom is -0.214 e. The van der Waals surface area contributed by atoms with Gasteiger partial charge >= 0.3 is 137 Å². The Morgan fingerprint density at radius 3 is 1.21 bits per heavy atom. The maximum absolute atomic E-state index is 12.7. The molecule has 0 saturated carbocycles. The molecule has 0 heterocycles.